The van der Waals surface area contributed by atoms with E-state index < -0.39 is 53.7 Å². The second kappa shape index (κ2) is 9.24. The number of benzene rings is 1. The fourth-order valence-electron chi connectivity index (χ4n) is 2.60. The topological polar surface area (TPSA) is 101 Å². The van der Waals surface area contributed by atoms with E-state index in [1.54, 1.807) is 0 Å². The molecule has 1 aromatic carbocycles. The van der Waals surface area contributed by atoms with E-state index in [9.17, 15) is 26.7 Å². The third-order valence-electron chi connectivity index (χ3n) is 4.01. The first-order valence-corrected chi connectivity index (χ1v) is 8.75. The van der Waals surface area contributed by atoms with Gasteiger partial charge < -0.3 is 15.8 Å². The molecule has 2 atom stereocenters. The normalized spacial score (nSPS) is 13.4. The van der Waals surface area contributed by atoms with Gasteiger partial charge in [-0.1, -0.05) is 18.5 Å². The van der Waals surface area contributed by atoms with Crippen LogP contribution in [0.3, 0.4) is 0 Å². The predicted molar refractivity (Wildman–Crippen MR) is 99.4 cm³/mol. The predicted octanol–water partition coefficient (Wildman–Crippen LogP) is 4.60. The molecule has 162 valence electrons. The monoisotopic (exact) mass is 450 g/mol. The van der Waals surface area contributed by atoms with Crippen LogP contribution < -0.4 is 11.1 Å². The number of carbonyl (C=O) groups excluding carboxylic acids is 1. The molecule has 0 radical (unpaired) electrons. The first-order chi connectivity index (χ1) is 13.9. The summed E-state index contributed by atoms with van der Waals surface area (Å²) >= 11 is 5.68. The van der Waals surface area contributed by atoms with Crippen molar-refractivity contribution in [2.75, 3.05) is 5.32 Å². The zero-order valence-corrected chi connectivity index (χ0v) is 16.1. The van der Waals surface area contributed by atoms with Gasteiger partial charge in [0.05, 0.1) is 5.02 Å². The van der Waals surface area contributed by atoms with Crippen molar-refractivity contribution in [3.8, 4) is 0 Å². The van der Waals surface area contributed by atoms with Gasteiger partial charge in [-0.25, -0.2) is 13.8 Å². The highest BCUT2D eigenvalue weighted by Crippen LogP contribution is 2.34. The van der Waals surface area contributed by atoms with E-state index in [1.165, 1.54) is 25.3 Å². The number of amidine groups is 1. The van der Waals surface area contributed by atoms with Gasteiger partial charge in [0.1, 0.15) is 5.69 Å². The molecule has 2 rings (SSSR count). The van der Waals surface area contributed by atoms with Crippen LogP contribution in [0.5, 0.6) is 0 Å². The number of amides is 1. The number of carbonyl (C=O) groups is 1. The van der Waals surface area contributed by atoms with Crippen molar-refractivity contribution in [1.29, 1.82) is 5.41 Å². The maximum atomic E-state index is 14.2. The Balaban J connectivity index is 2.27. The fraction of sp³-hybridized carbons (Fsp3) is 0.278. The second-order valence-electron chi connectivity index (χ2n) is 6.33. The zero-order valence-electron chi connectivity index (χ0n) is 15.4. The van der Waals surface area contributed by atoms with E-state index in [0.717, 1.165) is 6.07 Å². The van der Waals surface area contributed by atoms with E-state index in [4.69, 9.17) is 22.7 Å². The number of hydrogen-bond donors (Lipinski definition) is 3. The van der Waals surface area contributed by atoms with Gasteiger partial charge in [0, 0.05) is 24.4 Å². The average molecular weight is 451 g/mol. The SMILES string of the molecule is C[C@@H](C[C@@H](OC(=N)N)C(F)(F)F)c1cc(NC(=O)c2ccc(Cl)cn2)cc(F)c1F. The van der Waals surface area contributed by atoms with Crippen molar-refractivity contribution in [3.05, 3.63) is 58.4 Å². The van der Waals surface area contributed by atoms with Gasteiger partial charge in [0.2, 0.25) is 0 Å². The molecule has 0 unspecified atom stereocenters. The summed E-state index contributed by atoms with van der Waals surface area (Å²) in [5.41, 5.74) is 4.20. The molecular formula is C18H16ClF5N4O2. The van der Waals surface area contributed by atoms with Crippen LogP contribution in [0.2, 0.25) is 5.02 Å². The van der Waals surface area contributed by atoms with Gasteiger partial charge in [-0.2, -0.15) is 13.2 Å². The molecule has 0 saturated carbocycles. The van der Waals surface area contributed by atoms with Gasteiger partial charge in [0.25, 0.3) is 11.9 Å². The number of nitrogens with zero attached hydrogens (tertiary/aromatic N) is 1. The lowest BCUT2D eigenvalue weighted by atomic mass is 9.93. The van der Waals surface area contributed by atoms with Crippen molar-refractivity contribution in [2.45, 2.75) is 31.5 Å². The van der Waals surface area contributed by atoms with Crippen LogP contribution in [0.1, 0.15) is 35.3 Å². The standard InChI is InChI=1S/C18H16ClF5N4O2/c1-8(4-14(18(22,23)24)30-17(25)26)11-5-10(6-12(20)15(11)21)28-16(29)13-3-2-9(19)7-27-13/h2-3,5-8,14H,4H2,1H3,(H3,25,26)(H,28,29)/t8-,14+/m0/s1. The van der Waals surface area contributed by atoms with E-state index in [-0.39, 0.29) is 16.4 Å². The highest BCUT2D eigenvalue weighted by Gasteiger charge is 2.43. The zero-order chi connectivity index (χ0) is 22.6. The van der Waals surface area contributed by atoms with E-state index >= 15 is 0 Å². The summed E-state index contributed by atoms with van der Waals surface area (Å²) in [7, 11) is 0. The number of nitrogens with two attached hydrogens (primary N) is 1. The van der Waals surface area contributed by atoms with E-state index in [2.05, 4.69) is 15.0 Å². The van der Waals surface area contributed by atoms with Crippen LogP contribution in [0, 0.1) is 17.0 Å². The summed E-state index contributed by atoms with van der Waals surface area (Å²) in [6.45, 7) is 1.21. The summed E-state index contributed by atoms with van der Waals surface area (Å²) in [6.07, 6.45) is -7.01. The first kappa shape index (κ1) is 23.3. The van der Waals surface area contributed by atoms with Gasteiger partial charge in [-0.15, -0.1) is 0 Å². The first-order valence-electron chi connectivity index (χ1n) is 8.37. The average Bonchev–Trinajstić information content (AvgIpc) is 2.63. The number of nitrogens with one attached hydrogen (secondary N) is 2. The summed E-state index contributed by atoms with van der Waals surface area (Å²) in [5, 5.41) is 9.47. The Morgan fingerprint density at radius 1 is 1.33 bits per heavy atom. The Morgan fingerprint density at radius 2 is 2.00 bits per heavy atom. The molecule has 1 aromatic heterocycles. The highest BCUT2D eigenvalue weighted by molar-refractivity contribution is 6.30. The Kier molecular flexibility index (Phi) is 7.19. The van der Waals surface area contributed by atoms with Crippen LogP contribution in [-0.4, -0.2) is 29.2 Å². The fourth-order valence-corrected chi connectivity index (χ4v) is 2.71. The molecule has 0 aliphatic rings. The maximum Gasteiger partial charge on any atom is 0.425 e. The number of aromatic nitrogens is 1. The lowest BCUT2D eigenvalue weighted by Gasteiger charge is -2.24. The molecule has 0 fully saturated rings. The number of anilines is 1. The van der Waals surface area contributed by atoms with Crippen LogP contribution in [0.25, 0.3) is 0 Å². The van der Waals surface area contributed by atoms with Crippen molar-refractivity contribution in [1.82, 2.24) is 4.98 Å². The Labute approximate surface area is 172 Å². The van der Waals surface area contributed by atoms with E-state index in [1.807, 2.05) is 0 Å². The third-order valence-corrected chi connectivity index (χ3v) is 4.23. The van der Waals surface area contributed by atoms with E-state index in [0.29, 0.717) is 6.07 Å². The van der Waals surface area contributed by atoms with Gasteiger partial charge in [0.15, 0.2) is 17.7 Å². The number of rotatable bonds is 6. The molecule has 0 aliphatic heterocycles. The lowest BCUT2D eigenvalue weighted by molar-refractivity contribution is -0.202. The van der Waals surface area contributed by atoms with Gasteiger partial charge in [-0.05, 0) is 29.7 Å². The Bertz CT molecular complexity index is 937. The molecule has 0 bridgehead atoms. The molecule has 6 nitrogen and oxygen atoms in total. The maximum absolute atomic E-state index is 14.2. The molecule has 0 saturated heterocycles. The summed E-state index contributed by atoms with van der Waals surface area (Å²) in [6, 6.07) is 3.24. The summed E-state index contributed by atoms with van der Waals surface area (Å²) in [4.78, 5) is 16.0. The minimum absolute atomic E-state index is 0.0641. The molecule has 1 heterocycles. The minimum atomic E-state index is -4.89. The summed E-state index contributed by atoms with van der Waals surface area (Å²) < 4.78 is 71.8. The largest absolute Gasteiger partial charge is 0.453 e. The molecule has 4 N–H and O–H groups in total. The number of halogens is 6. The number of ether oxygens (including phenoxy) is 1. The second-order valence-corrected chi connectivity index (χ2v) is 6.76. The van der Waals surface area contributed by atoms with Gasteiger partial charge in [-0.3, -0.25) is 10.2 Å². The van der Waals surface area contributed by atoms with Crippen molar-refractivity contribution < 1.29 is 31.5 Å². The van der Waals surface area contributed by atoms with Crippen LogP contribution in [0.15, 0.2) is 30.5 Å². The summed E-state index contributed by atoms with van der Waals surface area (Å²) in [5.74, 6) is -4.69. The van der Waals surface area contributed by atoms with Crippen LogP contribution in [-0.2, 0) is 4.74 Å². The van der Waals surface area contributed by atoms with Crippen molar-refractivity contribution in [3.63, 3.8) is 0 Å². The van der Waals surface area contributed by atoms with Crippen LogP contribution in [0.4, 0.5) is 27.6 Å². The number of pyridine rings is 1. The third kappa shape index (κ3) is 6.02. The molecular weight excluding hydrogens is 435 g/mol. The molecule has 30 heavy (non-hydrogen) atoms. The van der Waals surface area contributed by atoms with Gasteiger partial charge >= 0.3 is 6.18 Å². The highest BCUT2D eigenvalue weighted by atomic mass is 35.5. The molecule has 2 aromatic rings. The Hall–Kier alpha value is -2.95. The smallest absolute Gasteiger partial charge is 0.425 e. The van der Waals surface area contributed by atoms with Crippen molar-refractivity contribution >= 4 is 29.2 Å². The molecule has 0 aliphatic carbocycles. The van der Waals surface area contributed by atoms with Crippen LogP contribution >= 0.6 is 11.6 Å². The number of alkyl halides is 3. The molecule has 1 amide bonds. The molecule has 12 heteroatoms. The lowest BCUT2D eigenvalue weighted by Crippen LogP contribution is -2.37. The van der Waals surface area contributed by atoms with Crippen molar-refractivity contribution in [2.24, 2.45) is 5.73 Å². The Morgan fingerprint density at radius 3 is 2.53 bits per heavy atom. The minimum Gasteiger partial charge on any atom is -0.453 e. The molecule has 0 spiro atoms. The number of hydrogen-bond acceptors (Lipinski definition) is 4. The quantitative estimate of drug-likeness (QED) is 0.340.